The average Bonchev–Trinajstić information content (AvgIpc) is 2.55. The summed E-state index contributed by atoms with van der Waals surface area (Å²) in [6, 6.07) is 15.0. The zero-order valence-electron chi connectivity index (χ0n) is 15.0. The molecule has 0 aliphatic heterocycles. The van der Waals surface area contributed by atoms with Crippen molar-refractivity contribution in [3.05, 3.63) is 70.8 Å². The zero-order chi connectivity index (χ0) is 18.4. The first kappa shape index (κ1) is 18.7. The lowest BCUT2D eigenvalue weighted by Crippen LogP contribution is -2.35. The van der Waals surface area contributed by atoms with E-state index in [2.05, 4.69) is 43.4 Å². The average molecular weight is 339 g/mol. The SMILES string of the molecule is CC(Cc1ccc(C(C)C)cc1)NC(=O)Cc1ccccc1C(=O)O. The van der Waals surface area contributed by atoms with Gasteiger partial charge in [0, 0.05) is 6.04 Å². The van der Waals surface area contributed by atoms with Crippen molar-refractivity contribution in [3.8, 4) is 0 Å². The second-order valence-corrected chi connectivity index (χ2v) is 6.71. The molecule has 0 bridgehead atoms. The molecule has 0 spiro atoms. The van der Waals surface area contributed by atoms with Crippen molar-refractivity contribution in [1.82, 2.24) is 5.32 Å². The monoisotopic (exact) mass is 339 g/mol. The van der Waals surface area contributed by atoms with Gasteiger partial charge in [-0.25, -0.2) is 4.79 Å². The Morgan fingerprint density at radius 3 is 2.24 bits per heavy atom. The van der Waals surface area contributed by atoms with E-state index in [-0.39, 0.29) is 23.9 Å². The number of carboxylic acid groups (broad SMARTS) is 1. The number of carbonyl (C=O) groups excluding carboxylic acids is 1. The molecule has 0 aromatic heterocycles. The second-order valence-electron chi connectivity index (χ2n) is 6.71. The van der Waals surface area contributed by atoms with Crippen LogP contribution in [0, 0.1) is 0 Å². The molecule has 2 aromatic rings. The Morgan fingerprint density at radius 1 is 1.00 bits per heavy atom. The fourth-order valence-electron chi connectivity index (χ4n) is 2.83. The third kappa shape index (κ3) is 5.45. The first-order valence-corrected chi connectivity index (χ1v) is 8.56. The molecule has 2 rings (SSSR count). The van der Waals surface area contributed by atoms with E-state index in [0.717, 1.165) is 6.42 Å². The highest BCUT2D eigenvalue weighted by atomic mass is 16.4. The molecule has 0 saturated heterocycles. The maximum atomic E-state index is 12.2. The fraction of sp³-hybridized carbons (Fsp3) is 0.333. The number of amides is 1. The van der Waals surface area contributed by atoms with Crippen LogP contribution in [-0.4, -0.2) is 23.0 Å². The third-order valence-electron chi connectivity index (χ3n) is 4.19. The summed E-state index contributed by atoms with van der Waals surface area (Å²) >= 11 is 0. The van der Waals surface area contributed by atoms with Gasteiger partial charge in [0.05, 0.1) is 12.0 Å². The lowest BCUT2D eigenvalue weighted by Gasteiger charge is -2.15. The van der Waals surface area contributed by atoms with Crippen LogP contribution in [0.15, 0.2) is 48.5 Å². The summed E-state index contributed by atoms with van der Waals surface area (Å²) in [6.45, 7) is 6.27. The predicted octanol–water partition coefficient (Wildman–Crippen LogP) is 3.80. The molecule has 132 valence electrons. The fourth-order valence-corrected chi connectivity index (χ4v) is 2.83. The Kier molecular flexibility index (Phi) is 6.34. The lowest BCUT2D eigenvalue weighted by atomic mass is 9.99. The summed E-state index contributed by atoms with van der Waals surface area (Å²) in [5, 5.41) is 12.1. The molecule has 0 fully saturated rings. The molecule has 1 amide bonds. The van der Waals surface area contributed by atoms with Gasteiger partial charge in [-0.3, -0.25) is 4.79 Å². The number of benzene rings is 2. The van der Waals surface area contributed by atoms with Crippen LogP contribution in [0.2, 0.25) is 0 Å². The second kappa shape index (κ2) is 8.47. The van der Waals surface area contributed by atoms with E-state index in [1.54, 1.807) is 18.2 Å². The van der Waals surface area contributed by atoms with Crippen molar-refractivity contribution < 1.29 is 14.7 Å². The highest BCUT2D eigenvalue weighted by molar-refractivity contribution is 5.91. The summed E-state index contributed by atoms with van der Waals surface area (Å²) in [5.74, 6) is -0.679. The first-order valence-electron chi connectivity index (χ1n) is 8.56. The van der Waals surface area contributed by atoms with Crippen LogP contribution < -0.4 is 5.32 Å². The molecule has 0 saturated carbocycles. The van der Waals surface area contributed by atoms with Crippen LogP contribution in [0.1, 0.15) is 53.7 Å². The molecule has 4 heteroatoms. The quantitative estimate of drug-likeness (QED) is 0.806. The molecule has 0 heterocycles. The number of hydrogen-bond donors (Lipinski definition) is 2. The van der Waals surface area contributed by atoms with Gasteiger partial charge in [-0.05, 0) is 42.0 Å². The van der Waals surface area contributed by atoms with E-state index in [1.807, 2.05) is 6.92 Å². The van der Waals surface area contributed by atoms with Gasteiger partial charge in [0.2, 0.25) is 5.91 Å². The molecule has 1 atom stereocenters. The summed E-state index contributed by atoms with van der Waals surface area (Å²) in [5.41, 5.74) is 3.17. The van der Waals surface area contributed by atoms with Crippen molar-refractivity contribution in [1.29, 1.82) is 0 Å². The Hall–Kier alpha value is -2.62. The Morgan fingerprint density at radius 2 is 1.64 bits per heavy atom. The highest BCUT2D eigenvalue weighted by Crippen LogP contribution is 2.15. The Labute approximate surface area is 148 Å². The van der Waals surface area contributed by atoms with Gasteiger partial charge < -0.3 is 10.4 Å². The van der Waals surface area contributed by atoms with Crippen LogP contribution in [0.3, 0.4) is 0 Å². The van der Waals surface area contributed by atoms with Crippen molar-refractivity contribution in [2.75, 3.05) is 0 Å². The molecule has 1 unspecified atom stereocenters. The van der Waals surface area contributed by atoms with Crippen molar-refractivity contribution in [3.63, 3.8) is 0 Å². The van der Waals surface area contributed by atoms with Crippen LogP contribution in [-0.2, 0) is 17.6 Å². The Bertz CT molecular complexity index is 735. The number of hydrogen-bond acceptors (Lipinski definition) is 2. The molecule has 4 nitrogen and oxygen atoms in total. The van der Waals surface area contributed by atoms with E-state index >= 15 is 0 Å². The van der Waals surface area contributed by atoms with E-state index in [1.165, 1.54) is 17.2 Å². The maximum Gasteiger partial charge on any atom is 0.335 e. The minimum atomic E-state index is -1.01. The number of rotatable bonds is 7. The van der Waals surface area contributed by atoms with Crippen LogP contribution in [0.25, 0.3) is 0 Å². The maximum absolute atomic E-state index is 12.2. The Balaban J connectivity index is 1.93. The van der Waals surface area contributed by atoms with Crippen molar-refractivity contribution in [2.45, 2.75) is 45.6 Å². The molecule has 25 heavy (non-hydrogen) atoms. The molecule has 2 N–H and O–H groups in total. The van der Waals surface area contributed by atoms with Gasteiger partial charge in [0.1, 0.15) is 0 Å². The topological polar surface area (TPSA) is 66.4 Å². The van der Waals surface area contributed by atoms with E-state index in [0.29, 0.717) is 11.5 Å². The van der Waals surface area contributed by atoms with E-state index in [4.69, 9.17) is 0 Å². The largest absolute Gasteiger partial charge is 0.478 e. The normalized spacial score (nSPS) is 12.0. The van der Waals surface area contributed by atoms with E-state index < -0.39 is 5.97 Å². The standard InChI is InChI=1S/C21H25NO3/c1-14(2)17-10-8-16(9-11-17)12-15(3)22-20(23)13-18-6-4-5-7-19(18)21(24)25/h4-11,14-15H,12-13H2,1-3H3,(H,22,23)(H,24,25). The van der Waals surface area contributed by atoms with Gasteiger partial charge in [0.25, 0.3) is 0 Å². The van der Waals surface area contributed by atoms with Crippen LogP contribution in [0.4, 0.5) is 0 Å². The molecular formula is C21H25NO3. The molecular weight excluding hydrogens is 314 g/mol. The highest BCUT2D eigenvalue weighted by Gasteiger charge is 2.14. The third-order valence-corrected chi connectivity index (χ3v) is 4.19. The van der Waals surface area contributed by atoms with E-state index in [9.17, 15) is 14.7 Å². The van der Waals surface area contributed by atoms with Crippen LogP contribution in [0.5, 0.6) is 0 Å². The van der Waals surface area contributed by atoms with Gasteiger partial charge >= 0.3 is 5.97 Å². The number of aromatic carboxylic acids is 1. The number of carbonyl (C=O) groups is 2. The molecule has 0 aliphatic rings. The number of nitrogens with one attached hydrogen (secondary N) is 1. The van der Waals surface area contributed by atoms with Crippen molar-refractivity contribution >= 4 is 11.9 Å². The predicted molar refractivity (Wildman–Crippen MR) is 98.9 cm³/mol. The molecule has 0 aliphatic carbocycles. The zero-order valence-corrected chi connectivity index (χ0v) is 15.0. The molecule has 2 aromatic carbocycles. The summed E-state index contributed by atoms with van der Waals surface area (Å²) in [4.78, 5) is 23.4. The van der Waals surface area contributed by atoms with Gasteiger partial charge in [-0.2, -0.15) is 0 Å². The summed E-state index contributed by atoms with van der Waals surface area (Å²) in [6.07, 6.45) is 0.809. The minimum Gasteiger partial charge on any atom is -0.478 e. The van der Waals surface area contributed by atoms with Crippen LogP contribution >= 0.6 is 0 Å². The minimum absolute atomic E-state index is 0.0191. The smallest absolute Gasteiger partial charge is 0.335 e. The molecule has 0 radical (unpaired) electrons. The summed E-state index contributed by atoms with van der Waals surface area (Å²) in [7, 11) is 0. The summed E-state index contributed by atoms with van der Waals surface area (Å²) < 4.78 is 0. The van der Waals surface area contributed by atoms with Gasteiger partial charge in [0.15, 0.2) is 0 Å². The van der Waals surface area contributed by atoms with Gasteiger partial charge in [-0.1, -0.05) is 56.3 Å². The first-order chi connectivity index (χ1) is 11.9. The lowest BCUT2D eigenvalue weighted by molar-refractivity contribution is -0.121. The van der Waals surface area contributed by atoms with Gasteiger partial charge in [-0.15, -0.1) is 0 Å². The number of carboxylic acids is 1. The van der Waals surface area contributed by atoms with Crippen molar-refractivity contribution in [2.24, 2.45) is 0 Å².